The molecule has 0 bridgehead atoms. The predicted molar refractivity (Wildman–Crippen MR) is 114 cm³/mol. The fourth-order valence-corrected chi connectivity index (χ4v) is 4.63. The van der Waals surface area contributed by atoms with Gasteiger partial charge in [-0.05, 0) is 31.1 Å². The number of allylic oxidation sites excluding steroid dienone is 1. The number of H-pyrrole nitrogens is 1. The number of aromatic carboxylic acids is 1. The summed E-state index contributed by atoms with van der Waals surface area (Å²) >= 11 is 6.37. The van der Waals surface area contributed by atoms with Crippen LogP contribution >= 0.6 is 11.6 Å². The first-order chi connectivity index (χ1) is 14.3. The van der Waals surface area contributed by atoms with Gasteiger partial charge in [0.2, 0.25) is 5.91 Å². The SMILES string of the molecule is Cc1cccc(Cl)c1N1CCN(C(=O)Cc2c(C(=O)O)[nH]c3c2C=C(F)CC3)CC1. The lowest BCUT2D eigenvalue weighted by atomic mass is 9.97. The third-order valence-electron chi connectivity index (χ3n) is 5.82. The maximum atomic E-state index is 13.8. The van der Waals surface area contributed by atoms with Crippen LogP contribution in [-0.4, -0.2) is 53.0 Å². The average molecular weight is 432 g/mol. The number of hydrogen-bond donors (Lipinski definition) is 2. The van der Waals surface area contributed by atoms with Crippen molar-refractivity contribution in [3.05, 3.63) is 57.1 Å². The van der Waals surface area contributed by atoms with E-state index in [1.807, 2.05) is 25.1 Å². The summed E-state index contributed by atoms with van der Waals surface area (Å²) in [5, 5.41) is 10.2. The van der Waals surface area contributed by atoms with Crippen LogP contribution in [0.2, 0.25) is 5.02 Å². The molecule has 1 aliphatic carbocycles. The third-order valence-corrected chi connectivity index (χ3v) is 6.13. The highest BCUT2D eigenvalue weighted by Crippen LogP contribution is 2.32. The van der Waals surface area contributed by atoms with Gasteiger partial charge in [-0.25, -0.2) is 9.18 Å². The number of fused-ring (bicyclic) bond motifs is 1. The van der Waals surface area contributed by atoms with Crippen LogP contribution in [0, 0.1) is 6.92 Å². The topological polar surface area (TPSA) is 76.6 Å². The summed E-state index contributed by atoms with van der Waals surface area (Å²) in [7, 11) is 0. The molecular weight excluding hydrogens is 409 g/mol. The highest BCUT2D eigenvalue weighted by Gasteiger charge is 2.28. The number of nitrogens with zero attached hydrogens (tertiary/aromatic N) is 2. The molecule has 0 radical (unpaired) electrons. The average Bonchev–Trinajstić information content (AvgIpc) is 3.06. The number of nitrogens with one attached hydrogen (secondary N) is 1. The second-order valence-electron chi connectivity index (χ2n) is 7.72. The Kier molecular flexibility index (Phi) is 5.56. The summed E-state index contributed by atoms with van der Waals surface area (Å²) in [6, 6.07) is 5.78. The Balaban J connectivity index is 1.49. The van der Waals surface area contributed by atoms with Gasteiger partial charge in [0, 0.05) is 49.4 Å². The zero-order valence-corrected chi connectivity index (χ0v) is 17.4. The summed E-state index contributed by atoms with van der Waals surface area (Å²) in [5.74, 6) is -1.59. The molecule has 2 aromatic rings. The summed E-state index contributed by atoms with van der Waals surface area (Å²) < 4.78 is 13.8. The van der Waals surface area contributed by atoms with Gasteiger partial charge in [0.25, 0.3) is 0 Å². The predicted octanol–water partition coefficient (Wildman–Crippen LogP) is 3.82. The highest BCUT2D eigenvalue weighted by molar-refractivity contribution is 6.33. The van der Waals surface area contributed by atoms with Gasteiger partial charge in [-0.1, -0.05) is 23.7 Å². The third kappa shape index (κ3) is 3.81. The number of halogens is 2. The lowest BCUT2D eigenvalue weighted by Crippen LogP contribution is -2.49. The van der Waals surface area contributed by atoms with Crippen LogP contribution in [0.5, 0.6) is 0 Å². The molecular formula is C22H23ClFN3O3. The maximum Gasteiger partial charge on any atom is 0.352 e. The Hall–Kier alpha value is -2.80. The van der Waals surface area contributed by atoms with Crippen molar-refractivity contribution in [2.75, 3.05) is 31.1 Å². The zero-order chi connectivity index (χ0) is 21.4. The molecule has 158 valence electrons. The highest BCUT2D eigenvalue weighted by atomic mass is 35.5. The quantitative estimate of drug-likeness (QED) is 0.771. The number of para-hydroxylation sites is 1. The molecule has 30 heavy (non-hydrogen) atoms. The number of carboxylic acid groups (broad SMARTS) is 1. The minimum Gasteiger partial charge on any atom is -0.477 e. The fourth-order valence-electron chi connectivity index (χ4n) is 4.29. The zero-order valence-electron chi connectivity index (χ0n) is 16.7. The second-order valence-corrected chi connectivity index (χ2v) is 8.12. The molecule has 1 aromatic carbocycles. The normalized spacial score (nSPS) is 16.3. The number of aryl methyl sites for hydroxylation is 2. The Labute approximate surface area is 178 Å². The molecule has 1 aromatic heterocycles. The molecule has 1 amide bonds. The van der Waals surface area contributed by atoms with Gasteiger partial charge < -0.3 is 19.9 Å². The maximum absolute atomic E-state index is 13.8. The summed E-state index contributed by atoms with van der Waals surface area (Å²) in [6.45, 7) is 4.32. The number of anilines is 1. The molecule has 1 fully saturated rings. The van der Waals surface area contributed by atoms with Gasteiger partial charge in [-0.2, -0.15) is 0 Å². The summed E-state index contributed by atoms with van der Waals surface area (Å²) in [5.41, 5.74) is 3.60. The Morgan fingerprint density at radius 1 is 1.20 bits per heavy atom. The van der Waals surface area contributed by atoms with Crippen LogP contribution in [0.1, 0.15) is 39.3 Å². The van der Waals surface area contributed by atoms with E-state index in [2.05, 4.69) is 9.88 Å². The molecule has 2 aliphatic rings. The van der Waals surface area contributed by atoms with E-state index in [1.54, 1.807) is 4.90 Å². The van der Waals surface area contributed by atoms with E-state index in [9.17, 15) is 19.1 Å². The number of rotatable bonds is 4. The largest absolute Gasteiger partial charge is 0.477 e. The van der Waals surface area contributed by atoms with Gasteiger partial charge in [-0.3, -0.25) is 4.79 Å². The first-order valence-electron chi connectivity index (χ1n) is 9.96. The smallest absolute Gasteiger partial charge is 0.352 e. The molecule has 2 heterocycles. The Bertz CT molecular complexity index is 1020. The lowest BCUT2D eigenvalue weighted by Gasteiger charge is -2.37. The van der Waals surface area contributed by atoms with Crippen LogP contribution in [-0.2, 0) is 17.6 Å². The van der Waals surface area contributed by atoms with E-state index in [0.29, 0.717) is 54.4 Å². The Morgan fingerprint density at radius 2 is 1.93 bits per heavy atom. The van der Waals surface area contributed by atoms with Crippen molar-refractivity contribution in [1.29, 1.82) is 0 Å². The standard InChI is InChI=1S/C22H23ClFN3O3/c1-13-3-2-4-17(23)21(13)27-9-7-26(8-10-27)19(28)12-16-15-11-14(24)5-6-18(15)25-20(16)22(29)30/h2-4,11,25H,5-10,12H2,1H3,(H,29,30). The monoisotopic (exact) mass is 431 g/mol. The number of benzene rings is 1. The summed E-state index contributed by atoms with van der Waals surface area (Å²) in [4.78, 5) is 31.4. The lowest BCUT2D eigenvalue weighted by molar-refractivity contribution is -0.130. The molecule has 8 heteroatoms. The molecule has 2 N–H and O–H groups in total. The molecule has 0 saturated carbocycles. The number of carboxylic acids is 1. The molecule has 4 rings (SSSR count). The van der Waals surface area contributed by atoms with Gasteiger partial charge >= 0.3 is 5.97 Å². The summed E-state index contributed by atoms with van der Waals surface area (Å²) in [6.07, 6.45) is 1.93. The van der Waals surface area contributed by atoms with Crippen LogP contribution < -0.4 is 4.90 Å². The minimum absolute atomic E-state index is 0.0235. The van der Waals surface area contributed by atoms with Crippen molar-refractivity contribution < 1.29 is 19.1 Å². The first-order valence-corrected chi connectivity index (χ1v) is 10.3. The molecule has 1 aliphatic heterocycles. The van der Waals surface area contributed by atoms with E-state index in [1.165, 1.54) is 6.08 Å². The number of carbonyl (C=O) groups excluding carboxylic acids is 1. The molecule has 0 atom stereocenters. The van der Waals surface area contributed by atoms with Crippen molar-refractivity contribution in [2.24, 2.45) is 0 Å². The van der Waals surface area contributed by atoms with Gasteiger partial charge in [0.1, 0.15) is 11.5 Å². The number of piperazine rings is 1. The van der Waals surface area contributed by atoms with Crippen LogP contribution in [0.25, 0.3) is 6.08 Å². The Morgan fingerprint density at radius 3 is 2.60 bits per heavy atom. The number of hydrogen-bond acceptors (Lipinski definition) is 3. The van der Waals surface area contributed by atoms with E-state index in [4.69, 9.17) is 11.6 Å². The molecule has 0 spiro atoms. The van der Waals surface area contributed by atoms with Crippen molar-refractivity contribution in [3.63, 3.8) is 0 Å². The first kappa shape index (κ1) is 20.5. The van der Waals surface area contributed by atoms with Crippen molar-refractivity contribution >= 4 is 35.2 Å². The van der Waals surface area contributed by atoms with Gasteiger partial charge in [0.15, 0.2) is 0 Å². The van der Waals surface area contributed by atoms with Crippen molar-refractivity contribution in [3.8, 4) is 0 Å². The number of amides is 1. The molecule has 1 saturated heterocycles. The minimum atomic E-state index is -1.14. The van der Waals surface area contributed by atoms with E-state index < -0.39 is 5.97 Å². The van der Waals surface area contributed by atoms with Crippen LogP contribution in [0.4, 0.5) is 10.1 Å². The number of aromatic amines is 1. The van der Waals surface area contributed by atoms with E-state index in [0.717, 1.165) is 11.3 Å². The van der Waals surface area contributed by atoms with Crippen molar-refractivity contribution in [2.45, 2.75) is 26.2 Å². The fraction of sp³-hybridized carbons (Fsp3) is 0.364. The van der Waals surface area contributed by atoms with Crippen LogP contribution in [0.3, 0.4) is 0 Å². The van der Waals surface area contributed by atoms with E-state index in [-0.39, 0.29) is 30.3 Å². The van der Waals surface area contributed by atoms with Crippen molar-refractivity contribution in [1.82, 2.24) is 9.88 Å². The van der Waals surface area contributed by atoms with E-state index >= 15 is 0 Å². The van der Waals surface area contributed by atoms with Crippen LogP contribution in [0.15, 0.2) is 24.0 Å². The van der Waals surface area contributed by atoms with Gasteiger partial charge in [0.05, 0.1) is 17.1 Å². The second kappa shape index (κ2) is 8.14. The molecule has 0 unspecified atom stereocenters. The number of aromatic nitrogens is 1. The molecule has 6 nitrogen and oxygen atoms in total. The number of carbonyl (C=O) groups is 2. The van der Waals surface area contributed by atoms with Gasteiger partial charge in [-0.15, -0.1) is 0 Å².